The fourth-order valence-corrected chi connectivity index (χ4v) is 3.84. The van der Waals surface area contributed by atoms with Crippen molar-refractivity contribution < 1.29 is 9.13 Å². The van der Waals surface area contributed by atoms with Crippen LogP contribution in [0.25, 0.3) is 22.6 Å². The molecule has 1 aliphatic heterocycles. The summed E-state index contributed by atoms with van der Waals surface area (Å²) in [5.41, 5.74) is 3.20. The first-order chi connectivity index (χ1) is 15.2. The number of aryl methyl sites for hydroxylation is 1. The Labute approximate surface area is 178 Å². The first-order valence-corrected chi connectivity index (χ1v) is 10.00. The number of nitrogens with one attached hydrogen (secondary N) is 1. The Bertz CT molecular complexity index is 1190. The molecule has 1 N–H and O–H groups in total. The highest BCUT2D eigenvalue weighted by Gasteiger charge is 2.31. The molecule has 156 valence electrons. The normalized spacial score (nSPS) is 15.0. The van der Waals surface area contributed by atoms with Gasteiger partial charge in [-0.15, -0.1) is 0 Å². The molecule has 0 bridgehead atoms. The van der Waals surface area contributed by atoms with Gasteiger partial charge in [-0.1, -0.05) is 0 Å². The lowest BCUT2D eigenvalue weighted by molar-refractivity contribution is 0.246. The van der Waals surface area contributed by atoms with Crippen LogP contribution in [-0.4, -0.2) is 43.1 Å². The third kappa shape index (κ3) is 3.70. The van der Waals surface area contributed by atoms with Crippen LogP contribution in [0.2, 0.25) is 0 Å². The molecule has 8 nitrogen and oxygen atoms in total. The van der Waals surface area contributed by atoms with E-state index in [2.05, 4.69) is 29.8 Å². The van der Waals surface area contributed by atoms with E-state index in [9.17, 15) is 4.39 Å². The van der Waals surface area contributed by atoms with Crippen molar-refractivity contribution in [3.05, 3.63) is 66.8 Å². The van der Waals surface area contributed by atoms with Gasteiger partial charge in [-0.25, -0.2) is 24.3 Å². The quantitative estimate of drug-likeness (QED) is 0.513. The van der Waals surface area contributed by atoms with E-state index < -0.39 is 0 Å². The van der Waals surface area contributed by atoms with Crippen molar-refractivity contribution in [1.82, 2.24) is 29.5 Å². The van der Waals surface area contributed by atoms with Crippen LogP contribution in [0.4, 0.5) is 10.3 Å². The molecule has 0 spiro atoms. The highest BCUT2D eigenvalue weighted by atomic mass is 19.1. The summed E-state index contributed by atoms with van der Waals surface area (Å²) >= 11 is 0. The number of hydrogen-bond acceptors (Lipinski definition) is 7. The maximum absolute atomic E-state index is 13.5. The van der Waals surface area contributed by atoms with Gasteiger partial charge in [0.15, 0.2) is 0 Å². The predicted molar refractivity (Wildman–Crippen MR) is 113 cm³/mol. The van der Waals surface area contributed by atoms with Crippen LogP contribution in [0, 0.1) is 5.82 Å². The summed E-state index contributed by atoms with van der Waals surface area (Å²) in [4.78, 5) is 22.0. The highest BCUT2D eigenvalue weighted by molar-refractivity contribution is 5.78. The Morgan fingerprint density at radius 2 is 1.97 bits per heavy atom. The molecule has 4 aromatic rings. The van der Waals surface area contributed by atoms with Gasteiger partial charge in [-0.3, -0.25) is 4.98 Å². The number of halogens is 1. The second-order valence-corrected chi connectivity index (χ2v) is 7.16. The number of fused-ring (bicyclic) bond motifs is 1. The average molecular weight is 417 g/mol. The van der Waals surface area contributed by atoms with E-state index in [1.165, 1.54) is 12.1 Å². The van der Waals surface area contributed by atoms with Crippen molar-refractivity contribution in [2.75, 3.05) is 19.0 Å². The van der Waals surface area contributed by atoms with Gasteiger partial charge in [-0.05, 0) is 36.8 Å². The lowest BCUT2D eigenvalue weighted by atomic mass is 10.1. The lowest BCUT2D eigenvalue weighted by Crippen LogP contribution is -2.15. The summed E-state index contributed by atoms with van der Waals surface area (Å²) < 4.78 is 21.6. The van der Waals surface area contributed by atoms with E-state index in [0.717, 1.165) is 41.3 Å². The van der Waals surface area contributed by atoms with Crippen molar-refractivity contribution >= 4 is 5.95 Å². The predicted octanol–water partition coefficient (Wildman–Crippen LogP) is 3.54. The van der Waals surface area contributed by atoms with E-state index in [0.29, 0.717) is 18.4 Å². The Morgan fingerprint density at radius 3 is 2.74 bits per heavy atom. The zero-order valence-corrected chi connectivity index (χ0v) is 16.9. The lowest BCUT2D eigenvalue weighted by Gasteiger charge is -2.17. The van der Waals surface area contributed by atoms with Gasteiger partial charge in [0, 0.05) is 37.6 Å². The number of nitrogens with zero attached hydrogens (tertiary/aromatic N) is 6. The molecule has 4 heterocycles. The third-order valence-electron chi connectivity index (χ3n) is 5.25. The van der Waals surface area contributed by atoms with E-state index in [1.54, 1.807) is 44.0 Å². The summed E-state index contributed by atoms with van der Waals surface area (Å²) in [5.74, 6) is 1.66. The molecule has 0 saturated carbocycles. The number of imidazole rings is 1. The van der Waals surface area contributed by atoms with Crippen LogP contribution in [0.15, 0.2) is 55.1 Å². The molecular weight excluding hydrogens is 397 g/mol. The van der Waals surface area contributed by atoms with Crippen LogP contribution in [0.3, 0.4) is 0 Å². The Kier molecular flexibility index (Phi) is 4.99. The highest BCUT2D eigenvalue weighted by Crippen LogP contribution is 2.39. The molecule has 0 amide bonds. The molecule has 0 radical (unpaired) electrons. The summed E-state index contributed by atoms with van der Waals surface area (Å²) in [7, 11) is 1.78. The minimum absolute atomic E-state index is 0.0571. The zero-order valence-electron chi connectivity index (χ0n) is 16.9. The molecule has 0 aliphatic carbocycles. The molecule has 0 saturated heterocycles. The molecule has 5 rings (SSSR count). The maximum Gasteiger partial charge on any atom is 0.232 e. The number of ether oxygens (including phenoxy) is 1. The van der Waals surface area contributed by atoms with Gasteiger partial charge in [0.25, 0.3) is 0 Å². The zero-order chi connectivity index (χ0) is 21.2. The van der Waals surface area contributed by atoms with Crippen molar-refractivity contribution in [1.29, 1.82) is 0 Å². The van der Waals surface area contributed by atoms with Crippen LogP contribution < -0.4 is 10.1 Å². The molecule has 3 aromatic heterocycles. The Balaban J connectivity index is 1.58. The van der Waals surface area contributed by atoms with E-state index in [-0.39, 0.29) is 11.9 Å². The van der Waals surface area contributed by atoms with Gasteiger partial charge < -0.3 is 14.6 Å². The smallest absolute Gasteiger partial charge is 0.232 e. The van der Waals surface area contributed by atoms with E-state index in [4.69, 9.17) is 9.72 Å². The molecule has 31 heavy (non-hydrogen) atoms. The van der Waals surface area contributed by atoms with Gasteiger partial charge in [0.2, 0.25) is 11.8 Å². The average Bonchev–Trinajstić information content (AvgIpc) is 3.38. The second-order valence-electron chi connectivity index (χ2n) is 7.16. The molecule has 1 aliphatic rings. The fourth-order valence-electron chi connectivity index (χ4n) is 3.84. The van der Waals surface area contributed by atoms with Crippen LogP contribution in [0.1, 0.15) is 18.3 Å². The minimum atomic E-state index is -0.285. The monoisotopic (exact) mass is 417 g/mol. The summed E-state index contributed by atoms with van der Waals surface area (Å²) in [6.45, 7) is 0.432. The van der Waals surface area contributed by atoms with Gasteiger partial charge in [0.05, 0.1) is 29.3 Å². The first-order valence-electron chi connectivity index (χ1n) is 10.00. The topological polar surface area (TPSA) is 90.6 Å². The van der Waals surface area contributed by atoms with Crippen molar-refractivity contribution in [3.63, 3.8) is 0 Å². The van der Waals surface area contributed by atoms with Gasteiger partial charge in [-0.2, -0.15) is 0 Å². The van der Waals surface area contributed by atoms with Gasteiger partial charge >= 0.3 is 0 Å². The van der Waals surface area contributed by atoms with Crippen molar-refractivity contribution in [2.24, 2.45) is 0 Å². The molecule has 9 heteroatoms. The van der Waals surface area contributed by atoms with Gasteiger partial charge in [0.1, 0.15) is 18.2 Å². The Morgan fingerprint density at radius 1 is 1.10 bits per heavy atom. The standard InChI is InChI=1S/C22H20FN7O/c1-24-22-27-9-8-17(28-22)21-20(14-2-4-15(23)5-3-14)29-18-7-6-16(30(18)21)13-31-19-12-25-10-11-26-19/h2-5,8-12,16H,6-7,13H2,1H3,(H,24,27,28). The summed E-state index contributed by atoms with van der Waals surface area (Å²) in [6.07, 6.45) is 8.22. The molecule has 1 atom stereocenters. The molecule has 0 fully saturated rings. The number of benzene rings is 1. The SMILES string of the molecule is CNc1nccc(-c2c(-c3ccc(F)cc3)nc3n2C(COc2cnccn2)CC3)n1. The summed E-state index contributed by atoms with van der Waals surface area (Å²) in [6, 6.07) is 8.28. The molecular formula is C22H20FN7O. The van der Waals surface area contributed by atoms with Crippen LogP contribution >= 0.6 is 0 Å². The van der Waals surface area contributed by atoms with E-state index >= 15 is 0 Å². The first kappa shape index (κ1) is 19.1. The number of hydrogen-bond donors (Lipinski definition) is 1. The fraction of sp³-hybridized carbons (Fsp3) is 0.227. The van der Waals surface area contributed by atoms with Crippen molar-refractivity contribution in [2.45, 2.75) is 18.9 Å². The van der Waals surface area contributed by atoms with Crippen molar-refractivity contribution in [3.8, 4) is 28.5 Å². The summed E-state index contributed by atoms with van der Waals surface area (Å²) in [5, 5.41) is 2.98. The number of aromatic nitrogens is 6. The number of anilines is 1. The number of rotatable bonds is 6. The molecule has 1 unspecified atom stereocenters. The minimum Gasteiger partial charge on any atom is -0.474 e. The Hall–Kier alpha value is -3.88. The molecule has 1 aromatic carbocycles. The third-order valence-corrected chi connectivity index (χ3v) is 5.25. The largest absolute Gasteiger partial charge is 0.474 e. The van der Waals surface area contributed by atoms with Crippen LogP contribution in [-0.2, 0) is 6.42 Å². The van der Waals surface area contributed by atoms with E-state index in [1.807, 2.05) is 6.07 Å². The maximum atomic E-state index is 13.5. The van der Waals surface area contributed by atoms with Crippen LogP contribution in [0.5, 0.6) is 5.88 Å². The second kappa shape index (κ2) is 8.10.